The minimum Gasteiger partial charge on any atom is -0.370 e. The molecular formula is C40H39Cl2N5O2. The van der Waals surface area contributed by atoms with E-state index in [0.717, 1.165) is 33.0 Å². The number of rotatable bonds is 10. The van der Waals surface area contributed by atoms with Gasteiger partial charge in [-0.2, -0.15) is 0 Å². The summed E-state index contributed by atoms with van der Waals surface area (Å²) in [6.45, 7) is 1.19. The molecule has 49 heavy (non-hydrogen) atoms. The summed E-state index contributed by atoms with van der Waals surface area (Å²) in [4.78, 5) is 37.1. The summed E-state index contributed by atoms with van der Waals surface area (Å²) in [6.07, 6.45) is 2.14. The molecule has 5 aromatic rings. The van der Waals surface area contributed by atoms with Crippen molar-refractivity contribution in [2.75, 3.05) is 19.6 Å². The van der Waals surface area contributed by atoms with E-state index in [1.54, 1.807) is 6.07 Å². The molecule has 6 rings (SSSR count). The van der Waals surface area contributed by atoms with Crippen molar-refractivity contribution in [3.05, 3.63) is 142 Å². The van der Waals surface area contributed by atoms with E-state index in [9.17, 15) is 9.59 Å². The van der Waals surface area contributed by atoms with E-state index in [0.29, 0.717) is 54.5 Å². The molecule has 0 radical (unpaired) electrons. The standard InChI is InChI=1S/C40H39Cl2N5O2/c41-32-22-31(23-33(42)24-32)36-14-6-7-15-37(36)39(49)47-26-35(20-27-9-2-1-3-10-27)46(25-34(47)13-8-18-45-40(43)44)38(48)21-28-16-17-29-11-4-5-12-30(29)19-28/h1-7,9-12,14-17,19,22-24,34-35H,8,13,18,20-21,25-26H2,(H4,43,44,45). The van der Waals surface area contributed by atoms with Crippen LogP contribution in [0.25, 0.3) is 21.9 Å². The molecular weight excluding hydrogens is 653 g/mol. The number of fused-ring (bicyclic) bond motifs is 1. The topological polar surface area (TPSA) is 105 Å². The number of amides is 2. The number of benzene rings is 5. The zero-order valence-electron chi connectivity index (χ0n) is 27.1. The molecule has 0 aliphatic carbocycles. The van der Waals surface area contributed by atoms with Crippen LogP contribution >= 0.6 is 23.2 Å². The lowest BCUT2D eigenvalue weighted by atomic mass is 9.93. The predicted octanol–water partition coefficient (Wildman–Crippen LogP) is 7.37. The summed E-state index contributed by atoms with van der Waals surface area (Å²) in [6, 6.07) is 36.8. The number of carbonyl (C=O) groups excluding carboxylic acids is 2. The zero-order valence-corrected chi connectivity index (χ0v) is 28.7. The van der Waals surface area contributed by atoms with Gasteiger partial charge in [-0.25, -0.2) is 0 Å². The molecule has 0 saturated carbocycles. The predicted molar refractivity (Wildman–Crippen MR) is 200 cm³/mol. The molecule has 1 fully saturated rings. The molecule has 7 nitrogen and oxygen atoms in total. The Morgan fingerprint density at radius 2 is 1.39 bits per heavy atom. The fourth-order valence-electron chi connectivity index (χ4n) is 6.76. The number of piperazine rings is 1. The molecule has 9 heteroatoms. The molecule has 4 N–H and O–H groups in total. The van der Waals surface area contributed by atoms with Gasteiger partial charge in [0.25, 0.3) is 5.91 Å². The van der Waals surface area contributed by atoms with Gasteiger partial charge in [0.1, 0.15) is 0 Å². The lowest BCUT2D eigenvalue weighted by Crippen LogP contribution is -2.62. The first-order valence-electron chi connectivity index (χ1n) is 16.5. The third-order valence-corrected chi connectivity index (χ3v) is 9.52. The maximum absolute atomic E-state index is 14.7. The molecule has 1 heterocycles. The van der Waals surface area contributed by atoms with Crippen molar-refractivity contribution in [3.8, 4) is 11.1 Å². The Labute approximate surface area is 297 Å². The van der Waals surface area contributed by atoms with Crippen molar-refractivity contribution in [1.29, 1.82) is 0 Å². The molecule has 2 amide bonds. The van der Waals surface area contributed by atoms with Crippen molar-refractivity contribution in [2.45, 2.75) is 37.8 Å². The monoisotopic (exact) mass is 691 g/mol. The van der Waals surface area contributed by atoms with Crippen LogP contribution in [0.5, 0.6) is 0 Å². The number of guanidine groups is 1. The van der Waals surface area contributed by atoms with Gasteiger partial charge in [-0.15, -0.1) is 0 Å². The van der Waals surface area contributed by atoms with Gasteiger partial charge in [0.15, 0.2) is 5.96 Å². The average molecular weight is 693 g/mol. The Morgan fingerprint density at radius 1 is 0.714 bits per heavy atom. The third-order valence-electron chi connectivity index (χ3n) is 9.08. The van der Waals surface area contributed by atoms with Gasteiger partial charge >= 0.3 is 0 Å². The molecule has 2 unspecified atom stereocenters. The van der Waals surface area contributed by atoms with Crippen LogP contribution in [0.3, 0.4) is 0 Å². The smallest absolute Gasteiger partial charge is 0.254 e. The van der Waals surface area contributed by atoms with E-state index in [4.69, 9.17) is 34.7 Å². The highest BCUT2D eigenvalue weighted by Gasteiger charge is 2.39. The Bertz CT molecular complexity index is 1960. The normalized spacial score (nSPS) is 16.0. The Morgan fingerprint density at radius 3 is 2.14 bits per heavy atom. The number of hydrogen-bond donors (Lipinski definition) is 2. The molecule has 1 aliphatic heterocycles. The third kappa shape index (κ3) is 8.42. The molecule has 1 aliphatic rings. The maximum Gasteiger partial charge on any atom is 0.254 e. The summed E-state index contributed by atoms with van der Waals surface area (Å²) >= 11 is 12.8. The summed E-state index contributed by atoms with van der Waals surface area (Å²) in [7, 11) is 0. The van der Waals surface area contributed by atoms with Gasteiger partial charge < -0.3 is 21.3 Å². The summed E-state index contributed by atoms with van der Waals surface area (Å²) in [5.74, 6) is -0.0504. The van der Waals surface area contributed by atoms with E-state index < -0.39 is 0 Å². The van der Waals surface area contributed by atoms with Crippen molar-refractivity contribution in [3.63, 3.8) is 0 Å². The highest BCUT2D eigenvalue weighted by Crippen LogP contribution is 2.32. The molecule has 250 valence electrons. The summed E-state index contributed by atoms with van der Waals surface area (Å²) < 4.78 is 0. The van der Waals surface area contributed by atoms with Crippen molar-refractivity contribution in [2.24, 2.45) is 16.5 Å². The lowest BCUT2D eigenvalue weighted by Gasteiger charge is -2.47. The minimum atomic E-state index is -0.259. The van der Waals surface area contributed by atoms with Gasteiger partial charge in [-0.05, 0) is 76.6 Å². The van der Waals surface area contributed by atoms with Gasteiger partial charge in [-0.3, -0.25) is 14.6 Å². The van der Waals surface area contributed by atoms with E-state index in [1.165, 1.54) is 0 Å². The van der Waals surface area contributed by atoms with Gasteiger partial charge in [0.2, 0.25) is 5.91 Å². The molecule has 5 aromatic carbocycles. The fourth-order valence-corrected chi connectivity index (χ4v) is 7.28. The number of halogens is 2. The SMILES string of the molecule is NC(N)=NCCCC1CN(C(=O)Cc2ccc3ccccc3c2)C(Cc2ccccc2)CN1C(=O)c1ccccc1-c1cc(Cl)cc(Cl)c1. The number of nitrogens with zero attached hydrogens (tertiary/aromatic N) is 3. The quantitative estimate of drug-likeness (QED) is 0.0906. The molecule has 0 spiro atoms. The first-order chi connectivity index (χ1) is 23.7. The van der Waals surface area contributed by atoms with Crippen molar-refractivity contribution in [1.82, 2.24) is 9.80 Å². The van der Waals surface area contributed by atoms with Crippen LogP contribution in [0.2, 0.25) is 10.0 Å². The minimum absolute atomic E-state index is 0.0285. The highest BCUT2D eigenvalue weighted by molar-refractivity contribution is 6.35. The molecule has 0 bridgehead atoms. The first-order valence-corrected chi connectivity index (χ1v) is 17.2. The number of carbonyl (C=O) groups is 2. The molecule has 0 aromatic heterocycles. The van der Waals surface area contributed by atoms with Crippen LogP contribution in [-0.4, -0.2) is 59.3 Å². The average Bonchev–Trinajstić information content (AvgIpc) is 3.10. The van der Waals surface area contributed by atoms with E-state index >= 15 is 0 Å². The second kappa shape index (κ2) is 15.6. The fraction of sp³-hybridized carbons (Fsp3) is 0.225. The van der Waals surface area contributed by atoms with Gasteiger partial charge in [0, 0.05) is 41.3 Å². The molecule has 2 atom stereocenters. The Balaban J connectivity index is 1.34. The number of aliphatic imine (C=N–C) groups is 1. The van der Waals surface area contributed by atoms with E-state index in [1.807, 2.05) is 82.6 Å². The maximum atomic E-state index is 14.7. The second-order valence-corrected chi connectivity index (χ2v) is 13.4. The van der Waals surface area contributed by atoms with Crippen LogP contribution in [0, 0.1) is 0 Å². The van der Waals surface area contributed by atoms with Crippen LogP contribution in [0.15, 0.2) is 120 Å². The highest BCUT2D eigenvalue weighted by atomic mass is 35.5. The van der Waals surface area contributed by atoms with Crippen molar-refractivity contribution >= 4 is 51.7 Å². The summed E-state index contributed by atoms with van der Waals surface area (Å²) in [5, 5.41) is 3.21. The van der Waals surface area contributed by atoms with E-state index in [-0.39, 0.29) is 36.3 Å². The van der Waals surface area contributed by atoms with Crippen LogP contribution in [0.1, 0.15) is 34.3 Å². The number of nitrogens with two attached hydrogens (primary N) is 2. The first kappa shape index (κ1) is 34.0. The number of hydrogen-bond acceptors (Lipinski definition) is 3. The van der Waals surface area contributed by atoms with Crippen LogP contribution < -0.4 is 11.5 Å². The largest absolute Gasteiger partial charge is 0.370 e. The second-order valence-electron chi connectivity index (χ2n) is 12.5. The van der Waals surface area contributed by atoms with Crippen LogP contribution in [-0.2, 0) is 17.6 Å². The van der Waals surface area contributed by atoms with E-state index in [2.05, 4.69) is 41.4 Å². The zero-order chi connectivity index (χ0) is 34.3. The molecule has 1 saturated heterocycles. The Hall–Kier alpha value is -4.85. The van der Waals surface area contributed by atoms with Crippen molar-refractivity contribution < 1.29 is 9.59 Å². The summed E-state index contributed by atoms with van der Waals surface area (Å²) in [5.41, 5.74) is 15.3. The van der Waals surface area contributed by atoms with Gasteiger partial charge in [-0.1, -0.05) is 114 Å². The lowest BCUT2D eigenvalue weighted by molar-refractivity contribution is -0.136. The Kier molecular flexibility index (Phi) is 10.8. The van der Waals surface area contributed by atoms with Crippen LogP contribution in [0.4, 0.5) is 0 Å². The van der Waals surface area contributed by atoms with Gasteiger partial charge in [0.05, 0.1) is 12.5 Å².